The maximum Gasteiger partial charge on any atom is 0.213 e. The van der Waals surface area contributed by atoms with Crippen LogP contribution in [0.25, 0.3) is 0 Å². The van der Waals surface area contributed by atoms with Crippen molar-refractivity contribution in [3.05, 3.63) is 23.4 Å². The van der Waals surface area contributed by atoms with Gasteiger partial charge in [0.05, 0.1) is 18.2 Å². The Morgan fingerprint density at radius 2 is 2.43 bits per heavy atom. The van der Waals surface area contributed by atoms with E-state index in [0.29, 0.717) is 30.0 Å². The molecule has 2 heterocycles. The van der Waals surface area contributed by atoms with Gasteiger partial charge >= 0.3 is 0 Å². The third kappa shape index (κ3) is 6.23. The van der Waals surface area contributed by atoms with Crippen molar-refractivity contribution in [1.82, 2.24) is 15.2 Å². The average molecular weight is 341 g/mol. The fourth-order valence-electron chi connectivity index (χ4n) is 2.42. The Kier molecular flexibility index (Phi) is 7.42. The van der Waals surface area contributed by atoms with Crippen LogP contribution in [0.2, 0.25) is 5.02 Å². The fourth-order valence-corrected chi connectivity index (χ4v) is 2.53. The molecule has 0 spiro atoms. The Balaban J connectivity index is 1.78. The van der Waals surface area contributed by atoms with Gasteiger partial charge in [0.15, 0.2) is 5.96 Å². The minimum absolute atomic E-state index is 0.476. The summed E-state index contributed by atoms with van der Waals surface area (Å²) in [5.74, 6) is 2.04. The van der Waals surface area contributed by atoms with E-state index in [4.69, 9.17) is 21.1 Å². The van der Waals surface area contributed by atoms with Gasteiger partial charge in [-0.15, -0.1) is 0 Å². The topological polar surface area (TPSA) is 59.0 Å². The molecule has 0 amide bonds. The molecule has 6 nitrogen and oxygen atoms in total. The molecule has 7 heteroatoms. The predicted octanol–water partition coefficient (Wildman–Crippen LogP) is 2.05. The van der Waals surface area contributed by atoms with Gasteiger partial charge in [-0.3, -0.25) is 0 Å². The summed E-state index contributed by atoms with van der Waals surface area (Å²) < 4.78 is 11.0. The second-order valence-corrected chi connectivity index (χ2v) is 5.95. The van der Waals surface area contributed by atoms with E-state index in [1.54, 1.807) is 18.3 Å². The van der Waals surface area contributed by atoms with Crippen molar-refractivity contribution in [2.75, 3.05) is 46.5 Å². The molecule has 23 heavy (non-hydrogen) atoms. The summed E-state index contributed by atoms with van der Waals surface area (Å²) in [6.07, 6.45) is 2.69. The number of pyridine rings is 1. The first-order chi connectivity index (χ1) is 11.2. The van der Waals surface area contributed by atoms with Gasteiger partial charge < -0.3 is 19.7 Å². The fraction of sp³-hybridized carbons (Fsp3) is 0.625. The molecular weight excluding hydrogens is 316 g/mol. The number of ether oxygens (including phenoxy) is 2. The second kappa shape index (κ2) is 9.57. The Morgan fingerprint density at radius 3 is 3.09 bits per heavy atom. The van der Waals surface area contributed by atoms with Gasteiger partial charge in [-0.25, -0.2) is 9.98 Å². The average Bonchev–Trinajstić information content (AvgIpc) is 3.05. The minimum atomic E-state index is 0.476. The van der Waals surface area contributed by atoms with Crippen LogP contribution in [0.15, 0.2) is 23.3 Å². The molecule has 1 fully saturated rings. The highest BCUT2D eigenvalue weighted by atomic mass is 35.5. The molecule has 1 aliphatic heterocycles. The van der Waals surface area contributed by atoms with Crippen LogP contribution in [0.1, 0.15) is 13.3 Å². The number of aromatic nitrogens is 1. The minimum Gasteiger partial charge on any atom is -0.476 e. The highest BCUT2D eigenvalue weighted by Crippen LogP contribution is 2.13. The van der Waals surface area contributed by atoms with Crippen molar-refractivity contribution in [2.24, 2.45) is 10.9 Å². The van der Waals surface area contributed by atoms with Gasteiger partial charge in [-0.2, -0.15) is 0 Å². The lowest BCUT2D eigenvalue weighted by atomic mass is 10.1. The molecule has 1 aromatic heterocycles. The van der Waals surface area contributed by atoms with E-state index in [2.05, 4.69) is 34.2 Å². The number of hydrogen-bond acceptors (Lipinski definition) is 4. The Labute approximate surface area is 142 Å². The zero-order valence-corrected chi connectivity index (χ0v) is 14.6. The molecule has 1 aliphatic rings. The van der Waals surface area contributed by atoms with Crippen LogP contribution in [-0.4, -0.2) is 62.3 Å². The summed E-state index contributed by atoms with van der Waals surface area (Å²) in [4.78, 5) is 10.8. The first-order valence-electron chi connectivity index (χ1n) is 8.00. The molecule has 0 saturated carbocycles. The zero-order chi connectivity index (χ0) is 16.5. The van der Waals surface area contributed by atoms with E-state index in [1.165, 1.54) is 0 Å². The van der Waals surface area contributed by atoms with E-state index < -0.39 is 0 Å². The van der Waals surface area contributed by atoms with Crippen molar-refractivity contribution in [1.29, 1.82) is 0 Å². The van der Waals surface area contributed by atoms with Crippen LogP contribution in [0.5, 0.6) is 5.88 Å². The normalized spacial score (nSPS) is 18.0. The Bertz CT molecular complexity index is 489. The van der Waals surface area contributed by atoms with Crippen LogP contribution >= 0.6 is 11.6 Å². The van der Waals surface area contributed by atoms with Crippen LogP contribution < -0.4 is 10.1 Å². The van der Waals surface area contributed by atoms with Gasteiger partial charge in [-0.05, 0) is 19.4 Å². The van der Waals surface area contributed by atoms with Crippen molar-refractivity contribution < 1.29 is 9.47 Å². The highest BCUT2D eigenvalue weighted by Gasteiger charge is 2.18. The lowest BCUT2D eigenvalue weighted by Gasteiger charge is -2.24. The standard InChI is InChI=1S/C16H25ClN4O2/c1-3-18-16(21(2)11-13-6-8-22-12-13)19-7-9-23-15-5-4-14(17)10-20-15/h4-5,10,13H,3,6-9,11-12H2,1-2H3,(H,18,19). The Morgan fingerprint density at radius 1 is 1.57 bits per heavy atom. The maximum atomic E-state index is 5.79. The number of nitrogens with one attached hydrogen (secondary N) is 1. The molecule has 0 aromatic carbocycles. The van der Waals surface area contributed by atoms with E-state index in [0.717, 1.165) is 38.7 Å². The van der Waals surface area contributed by atoms with Gasteiger partial charge in [-0.1, -0.05) is 11.6 Å². The number of nitrogens with zero attached hydrogens (tertiary/aromatic N) is 3. The summed E-state index contributed by atoms with van der Waals surface area (Å²) in [7, 11) is 2.06. The van der Waals surface area contributed by atoms with E-state index >= 15 is 0 Å². The van der Waals surface area contributed by atoms with Crippen LogP contribution in [0.4, 0.5) is 0 Å². The lowest BCUT2D eigenvalue weighted by Crippen LogP contribution is -2.41. The monoisotopic (exact) mass is 340 g/mol. The number of aliphatic imine (C=N–C) groups is 1. The summed E-state index contributed by atoms with van der Waals surface area (Å²) >= 11 is 5.79. The molecule has 0 aliphatic carbocycles. The van der Waals surface area contributed by atoms with Crippen molar-refractivity contribution in [3.63, 3.8) is 0 Å². The molecule has 128 valence electrons. The summed E-state index contributed by atoms with van der Waals surface area (Å²) in [6.45, 7) is 6.61. The number of hydrogen-bond donors (Lipinski definition) is 1. The van der Waals surface area contributed by atoms with Crippen molar-refractivity contribution in [2.45, 2.75) is 13.3 Å². The first kappa shape index (κ1) is 17.8. The van der Waals surface area contributed by atoms with Gasteiger partial charge in [0.1, 0.15) is 6.61 Å². The quantitative estimate of drug-likeness (QED) is 0.467. The van der Waals surface area contributed by atoms with Crippen LogP contribution in [0.3, 0.4) is 0 Å². The zero-order valence-electron chi connectivity index (χ0n) is 13.8. The molecular formula is C16H25ClN4O2. The number of rotatable bonds is 7. The molecule has 0 radical (unpaired) electrons. The van der Waals surface area contributed by atoms with Crippen molar-refractivity contribution >= 4 is 17.6 Å². The molecule has 1 aromatic rings. The number of halogens is 1. The van der Waals surface area contributed by atoms with Crippen LogP contribution in [-0.2, 0) is 4.74 Å². The lowest BCUT2D eigenvalue weighted by molar-refractivity contribution is 0.181. The largest absolute Gasteiger partial charge is 0.476 e. The SMILES string of the molecule is CCNC(=NCCOc1ccc(Cl)cn1)N(C)CC1CCOC1. The van der Waals surface area contributed by atoms with Crippen molar-refractivity contribution in [3.8, 4) is 5.88 Å². The van der Waals surface area contributed by atoms with Crippen LogP contribution in [0, 0.1) is 5.92 Å². The molecule has 2 rings (SSSR count). The summed E-state index contributed by atoms with van der Waals surface area (Å²) in [5.41, 5.74) is 0. The molecule has 1 saturated heterocycles. The Hall–Kier alpha value is -1.53. The van der Waals surface area contributed by atoms with E-state index in [1.807, 2.05) is 0 Å². The summed E-state index contributed by atoms with van der Waals surface area (Å²) in [6, 6.07) is 3.51. The molecule has 0 bridgehead atoms. The first-order valence-corrected chi connectivity index (χ1v) is 8.38. The highest BCUT2D eigenvalue weighted by molar-refractivity contribution is 6.30. The van der Waals surface area contributed by atoms with E-state index in [9.17, 15) is 0 Å². The molecule has 1 unspecified atom stereocenters. The predicted molar refractivity (Wildman–Crippen MR) is 92.3 cm³/mol. The number of guanidine groups is 1. The van der Waals surface area contributed by atoms with E-state index in [-0.39, 0.29) is 0 Å². The van der Waals surface area contributed by atoms with Gasteiger partial charge in [0.2, 0.25) is 5.88 Å². The third-order valence-corrected chi connectivity index (χ3v) is 3.78. The second-order valence-electron chi connectivity index (χ2n) is 5.51. The van der Waals surface area contributed by atoms with Gasteiger partial charge in [0.25, 0.3) is 0 Å². The molecule has 1 atom stereocenters. The molecule has 1 N–H and O–H groups in total. The third-order valence-electron chi connectivity index (χ3n) is 3.56. The summed E-state index contributed by atoms with van der Waals surface area (Å²) in [5, 5.41) is 3.91. The smallest absolute Gasteiger partial charge is 0.213 e. The van der Waals surface area contributed by atoms with Gasteiger partial charge in [0, 0.05) is 44.9 Å². The maximum absolute atomic E-state index is 5.79.